The number of aryl methyl sites for hydroxylation is 1. The Hall–Kier alpha value is -2.80. The molecule has 1 aromatic carbocycles. The highest BCUT2D eigenvalue weighted by atomic mass is 35.5. The number of anilines is 2. The number of halogens is 1. The zero-order valence-electron chi connectivity index (χ0n) is 15.2. The van der Waals surface area contributed by atoms with Crippen molar-refractivity contribution >= 4 is 34.4 Å². The van der Waals surface area contributed by atoms with Crippen LogP contribution in [0, 0.1) is 5.92 Å². The van der Waals surface area contributed by atoms with E-state index in [1.807, 2.05) is 28.8 Å². The maximum Gasteiger partial charge on any atom is 0.332 e. The van der Waals surface area contributed by atoms with Crippen LogP contribution in [0.15, 0.2) is 46.5 Å². The first-order valence-corrected chi connectivity index (χ1v) is 9.14. The molecule has 1 atom stereocenters. The number of benzene rings is 1. The summed E-state index contributed by atoms with van der Waals surface area (Å²) in [5.74, 6) is 0.962. The summed E-state index contributed by atoms with van der Waals surface area (Å²) in [7, 11) is 1.64. The molecule has 0 amide bonds. The van der Waals surface area contributed by atoms with Crippen LogP contribution in [-0.2, 0) is 20.1 Å². The first kappa shape index (κ1) is 17.6. The van der Waals surface area contributed by atoms with E-state index in [0.29, 0.717) is 34.6 Å². The van der Waals surface area contributed by atoms with Gasteiger partial charge < -0.3 is 9.47 Å². The molecule has 0 spiro atoms. The summed E-state index contributed by atoms with van der Waals surface area (Å²) in [5, 5.41) is 0.659. The summed E-state index contributed by atoms with van der Waals surface area (Å²) in [6, 6.07) is 7.52. The maximum absolute atomic E-state index is 13.0. The molecular weight excluding hydrogens is 366 g/mol. The quantitative estimate of drug-likeness (QED) is 0.650. The third-order valence-electron chi connectivity index (χ3n) is 4.89. The molecule has 0 unspecified atom stereocenters. The van der Waals surface area contributed by atoms with Crippen molar-refractivity contribution in [2.24, 2.45) is 13.0 Å². The highest BCUT2D eigenvalue weighted by molar-refractivity contribution is 6.30. The van der Waals surface area contributed by atoms with Crippen molar-refractivity contribution < 1.29 is 0 Å². The molecule has 0 N–H and O–H groups in total. The second-order valence-corrected chi connectivity index (χ2v) is 7.37. The van der Waals surface area contributed by atoms with Crippen LogP contribution in [-0.4, -0.2) is 25.2 Å². The Morgan fingerprint density at radius 2 is 1.96 bits per heavy atom. The van der Waals surface area contributed by atoms with Crippen LogP contribution in [0.1, 0.15) is 6.92 Å². The monoisotopic (exact) mass is 385 g/mol. The highest BCUT2D eigenvalue weighted by Crippen LogP contribution is 2.33. The van der Waals surface area contributed by atoms with Crippen molar-refractivity contribution in [3.05, 3.63) is 62.8 Å². The molecule has 3 heterocycles. The second-order valence-electron chi connectivity index (χ2n) is 6.93. The maximum atomic E-state index is 13.0. The average molecular weight is 386 g/mol. The molecule has 0 radical (unpaired) electrons. The first-order valence-electron chi connectivity index (χ1n) is 8.76. The lowest BCUT2D eigenvalue weighted by Crippen LogP contribution is -2.40. The van der Waals surface area contributed by atoms with Gasteiger partial charge in [-0.05, 0) is 30.2 Å². The molecule has 0 aliphatic carbocycles. The molecule has 7 nitrogen and oxygen atoms in total. The van der Waals surface area contributed by atoms with Crippen LogP contribution in [0.3, 0.4) is 0 Å². The van der Waals surface area contributed by atoms with Crippen molar-refractivity contribution in [2.45, 2.75) is 20.0 Å². The van der Waals surface area contributed by atoms with E-state index in [2.05, 4.69) is 23.4 Å². The van der Waals surface area contributed by atoms with Gasteiger partial charge in [0, 0.05) is 37.4 Å². The Morgan fingerprint density at radius 1 is 1.26 bits per heavy atom. The van der Waals surface area contributed by atoms with Crippen LogP contribution < -0.4 is 16.1 Å². The molecule has 0 saturated heterocycles. The fourth-order valence-electron chi connectivity index (χ4n) is 3.63. The minimum Gasteiger partial charge on any atom is -0.312 e. The number of hydrogen-bond acceptors (Lipinski definition) is 4. The fourth-order valence-corrected chi connectivity index (χ4v) is 3.76. The molecule has 27 heavy (non-hydrogen) atoms. The lowest BCUT2D eigenvalue weighted by Gasteiger charge is -2.33. The van der Waals surface area contributed by atoms with E-state index in [-0.39, 0.29) is 12.1 Å². The number of aromatic nitrogens is 4. The number of fused-ring (bicyclic) bond motifs is 3. The molecule has 2 aromatic heterocycles. The summed E-state index contributed by atoms with van der Waals surface area (Å²) in [4.78, 5) is 32.3. The van der Waals surface area contributed by atoms with Gasteiger partial charge in [-0.2, -0.15) is 4.98 Å². The lowest BCUT2D eigenvalue weighted by molar-refractivity contribution is 0.458. The molecule has 8 heteroatoms. The third-order valence-corrected chi connectivity index (χ3v) is 5.14. The van der Waals surface area contributed by atoms with E-state index in [1.165, 1.54) is 9.13 Å². The predicted molar refractivity (Wildman–Crippen MR) is 107 cm³/mol. The summed E-state index contributed by atoms with van der Waals surface area (Å²) < 4.78 is 4.53. The van der Waals surface area contributed by atoms with Crippen molar-refractivity contribution in [3.8, 4) is 0 Å². The van der Waals surface area contributed by atoms with Crippen LogP contribution in [0.2, 0.25) is 5.02 Å². The number of allylic oxidation sites excluding steroid dienone is 1. The van der Waals surface area contributed by atoms with E-state index >= 15 is 0 Å². The van der Waals surface area contributed by atoms with Gasteiger partial charge in [-0.1, -0.05) is 24.6 Å². The summed E-state index contributed by atoms with van der Waals surface area (Å²) in [5.41, 5.74) is 1.05. The second kappa shape index (κ2) is 6.42. The Bertz CT molecular complexity index is 1160. The van der Waals surface area contributed by atoms with Gasteiger partial charge in [0.15, 0.2) is 11.2 Å². The van der Waals surface area contributed by atoms with Crippen molar-refractivity contribution in [1.82, 2.24) is 18.7 Å². The number of rotatable bonds is 3. The summed E-state index contributed by atoms with van der Waals surface area (Å²) in [6.45, 7) is 7.36. The largest absolute Gasteiger partial charge is 0.332 e. The minimum atomic E-state index is -0.395. The Kier molecular flexibility index (Phi) is 4.19. The number of hydrogen-bond donors (Lipinski definition) is 0. The van der Waals surface area contributed by atoms with Crippen molar-refractivity contribution in [2.75, 3.05) is 11.4 Å². The Labute approximate surface area is 160 Å². The van der Waals surface area contributed by atoms with Gasteiger partial charge in [0.05, 0.1) is 0 Å². The highest BCUT2D eigenvalue weighted by Gasteiger charge is 2.29. The molecule has 0 fully saturated rings. The summed E-state index contributed by atoms with van der Waals surface area (Å²) in [6.07, 6.45) is 1.55. The Morgan fingerprint density at radius 3 is 2.63 bits per heavy atom. The standard InChI is InChI=1S/C19H20ClN5O2/c1-4-9-23-17(26)15-16(22(3)19(23)27)21-18-24(10-12(2)11-25(15)18)14-7-5-13(20)6-8-14/h4-8,12H,1,9-11H2,2-3H3/t12-/m0/s1. The van der Waals surface area contributed by atoms with Gasteiger partial charge in [0.1, 0.15) is 0 Å². The summed E-state index contributed by atoms with van der Waals surface area (Å²) >= 11 is 6.02. The van der Waals surface area contributed by atoms with E-state index in [9.17, 15) is 9.59 Å². The van der Waals surface area contributed by atoms with Gasteiger partial charge in [-0.15, -0.1) is 6.58 Å². The van der Waals surface area contributed by atoms with Gasteiger partial charge in [-0.3, -0.25) is 13.9 Å². The zero-order chi connectivity index (χ0) is 19.3. The molecule has 1 aliphatic rings. The average Bonchev–Trinajstić information content (AvgIpc) is 3.03. The lowest BCUT2D eigenvalue weighted by atomic mass is 10.1. The van der Waals surface area contributed by atoms with Crippen molar-refractivity contribution in [1.29, 1.82) is 0 Å². The van der Waals surface area contributed by atoms with Gasteiger partial charge in [-0.25, -0.2) is 4.79 Å². The van der Waals surface area contributed by atoms with E-state index in [0.717, 1.165) is 12.2 Å². The van der Waals surface area contributed by atoms with E-state index in [4.69, 9.17) is 11.6 Å². The fraction of sp³-hybridized carbons (Fsp3) is 0.316. The SMILES string of the molecule is C=CCn1c(=O)c2c(nc3n2C[C@@H](C)CN3c2ccc(Cl)cc2)n(C)c1=O. The van der Waals surface area contributed by atoms with Crippen LogP contribution in [0.5, 0.6) is 0 Å². The molecule has 0 saturated carbocycles. The van der Waals surface area contributed by atoms with Gasteiger partial charge >= 0.3 is 5.69 Å². The number of nitrogens with zero attached hydrogens (tertiary/aromatic N) is 5. The normalized spacial score (nSPS) is 16.6. The predicted octanol–water partition coefficient (Wildman–Crippen LogP) is 2.52. The smallest absolute Gasteiger partial charge is 0.312 e. The van der Waals surface area contributed by atoms with E-state index < -0.39 is 5.69 Å². The zero-order valence-corrected chi connectivity index (χ0v) is 16.0. The van der Waals surface area contributed by atoms with Gasteiger partial charge in [0.25, 0.3) is 5.56 Å². The van der Waals surface area contributed by atoms with Crippen LogP contribution in [0.4, 0.5) is 11.6 Å². The third kappa shape index (κ3) is 2.70. The molecular formula is C19H20ClN5O2. The minimum absolute atomic E-state index is 0.165. The molecule has 3 aromatic rings. The Balaban J connectivity index is 2.02. The van der Waals surface area contributed by atoms with Crippen molar-refractivity contribution in [3.63, 3.8) is 0 Å². The van der Waals surface area contributed by atoms with Crippen LogP contribution >= 0.6 is 11.6 Å². The van der Waals surface area contributed by atoms with E-state index in [1.54, 1.807) is 13.1 Å². The van der Waals surface area contributed by atoms with Gasteiger partial charge in [0.2, 0.25) is 5.95 Å². The number of imidazole rings is 1. The topological polar surface area (TPSA) is 65.1 Å². The molecule has 0 bridgehead atoms. The first-order chi connectivity index (χ1) is 12.9. The van der Waals surface area contributed by atoms with Crippen LogP contribution in [0.25, 0.3) is 11.2 Å². The molecule has 1 aliphatic heterocycles. The molecule has 4 rings (SSSR count). The molecule has 140 valence electrons.